The average molecular weight is 251 g/mol. The molecule has 1 aliphatic heterocycles. The molecule has 3 heteroatoms. The van der Waals surface area contributed by atoms with Crippen molar-refractivity contribution in [2.24, 2.45) is 0 Å². The Morgan fingerprint density at radius 2 is 2.11 bits per heavy atom. The molecule has 2 heterocycles. The highest BCUT2D eigenvalue weighted by atomic mass is 15.1. The molecule has 96 valence electrons. The van der Waals surface area contributed by atoms with Gasteiger partial charge in [-0.3, -0.25) is 4.90 Å². The SMILES string of the molecule is C(=C\c1ccccc1)/CN1CCc2cncnc2C1. The molecule has 3 nitrogen and oxygen atoms in total. The Hall–Kier alpha value is -2.00. The van der Waals surface area contributed by atoms with Gasteiger partial charge in [0.05, 0.1) is 5.69 Å². The van der Waals surface area contributed by atoms with Crippen LogP contribution in [0.3, 0.4) is 0 Å². The summed E-state index contributed by atoms with van der Waals surface area (Å²) in [6.07, 6.45) is 9.04. The zero-order chi connectivity index (χ0) is 12.9. The lowest BCUT2D eigenvalue weighted by molar-refractivity contribution is 0.277. The number of hydrogen-bond acceptors (Lipinski definition) is 3. The smallest absolute Gasteiger partial charge is 0.115 e. The Bertz CT molecular complexity index is 563. The molecule has 2 aromatic rings. The van der Waals surface area contributed by atoms with E-state index >= 15 is 0 Å². The normalized spacial score (nSPS) is 15.6. The van der Waals surface area contributed by atoms with Crippen LogP contribution in [0.15, 0.2) is 48.9 Å². The van der Waals surface area contributed by atoms with E-state index in [2.05, 4.69) is 51.3 Å². The van der Waals surface area contributed by atoms with Gasteiger partial charge in [-0.1, -0.05) is 42.5 Å². The molecular weight excluding hydrogens is 234 g/mol. The summed E-state index contributed by atoms with van der Waals surface area (Å²) in [6.45, 7) is 2.98. The molecule has 0 saturated carbocycles. The van der Waals surface area contributed by atoms with E-state index in [4.69, 9.17) is 0 Å². The van der Waals surface area contributed by atoms with Crippen molar-refractivity contribution in [1.29, 1.82) is 0 Å². The zero-order valence-electron chi connectivity index (χ0n) is 10.9. The van der Waals surface area contributed by atoms with Gasteiger partial charge in [0.1, 0.15) is 6.33 Å². The molecule has 0 saturated heterocycles. The van der Waals surface area contributed by atoms with E-state index in [1.807, 2.05) is 12.3 Å². The summed E-state index contributed by atoms with van der Waals surface area (Å²) in [5.41, 5.74) is 3.72. The first-order valence-corrected chi connectivity index (χ1v) is 6.63. The van der Waals surface area contributed by atoms with Gasteiger partial charge in [0.2, 0.25) is 0 Å². The summed E-state index contributed by atoms with van der Waals surface area (Å²) >= 11 is 0. The second-order valence-corrected chi connectivity index (χ2v) is 4.79. The lowest BCUT2D eigenvalue weighted by Gasteiger charge is -2.26. The Labute approximate surface area is 113 Å². The minimum absolute atomic E-state index is 0.928. The van der Waals surface area contributed by atoms with Crippen molar-refractivity contribution >= 4 is 6.08 Å². The van der Waals surface area contributed by atoms with E-state index in [0.29, 0.717) is 0 Å². The summed E-state index contributed by atoms with van der Waals surface area (Å²) in [6, 6.07) is 10.4. The lowest BCUT2D eigenvalue weighted by atomic mass is 10.1. The highest BCUT2D eigenvalue weighted by Gasteiger charge is 2.15. The van der Waals surface area contributed by atoms with Crippen LogP contribution < -0.4 is 0 Å². The fourth-order valence-corrected chi connectivity index (χ4v) is 2.36. The second kappa shape index (κ2) is 5.76. The lowest BCUT2D eigenvalue weighted by Crippen LogP contribution is -2.31. The molecule has 0 spiro atoms. The molecule has 0 N–H and O–H groups in total. The number of nitrogens with zero attached hydrogens (tertiary/aromatic N) is 3. The maximum Gasteiger partial charge on any atom is 0.115 e. The first-order chi connectivity index (χ1) is 9.42. The van der Waals surface area contributed by atoms with Crippen molar-refractivity contribution in [2.45, 2.75) is 13.0 Å². The van der Waals surface area contributed by atoms with Crippen molar-refractivity contribution in [1.82, 2.24) is 14.9 Å². The average Bonchev–Trinajstić information content (AvgIpc) is 2.48. The van der Waals surface area contributed by atoms with Crippen LogP contribution in [-0.2, 0) is 13.0 Å². The van der Waals surface area contributed by atoms with Crippen molar-refractivity contribution in [3.8, 4) is 0 Å². The highest BCUT2D eigenvalue weighted by molar-refractivity contribution is 5.48. The summed E-state index contributed by atoms with van der Waals surface area (Å²) < 4.78 is 0. The van der Waals surface area contributed by atoms with E-state index in [-0.39, 0.29) is 0 Å². The molecule has 1 aromatic heterocycles. The number of fused-ring (bicyclic) bond motifs is 1. The Morgan fingerprint density at radius 1 is 1.21 bits per heavy atom. The molecule has 0 unspecified atom stereocenters. The minimum Gasteiger partial charge on any atom is -0.294 e. The number of rotatable bonds is 3. The van der Waals surface area contributed by atoms with Gasteiger partial charge >= 0.3 is 0 Å². The maximum atomic E-state index is 4.36. The quantitative estimate of drug-likeness (QED) is 0.839. The van der Waals surface area contributed by atoms with Crippen LogP contribution >= 0.6 is 0 Å². The van der Waals surface area contributed by atoms with Gasteiger partial charge in [-0.2, -0.15) is 0 Å². The van der Waals surface area contributed by atoms with Crippen LogP contribution in [0.25, 0.3) is 6.08 Å². The molecule has 0 fully saturated rings. The van der Waals surface area contributed by atoms with E-state index in [0.717, 1.165) is 26.1 Å². The number of hydrogen-bond donors (Lipinski definition) is 0. The molecule has 0 atom stereocenters. The predicted octanol–water partition coefficient (Wildman–Crippen LogP) is 2.55. The van der Waals surface area contributed by atoms with Crippen LogP contribution in [0.5, 0.6) is 0 Å². The van der Waals surface area contributed by atoms with Gasteiger partial charge in [0.15, 0.2) is 0 Å². The summed E-state index contributed by atoms with van der Waals surface area (Å²) in [5, 5.41) is 0. The summed E-state index contributed by atoms with van der Waals surface area (Å²) in [5.74, 6) is 0. The highest BCUT2D eigenvalue weighted by Crippen LogP contribution is 2.15. The summed E-state index contributed by atoms with van der Waals surface area (Å²) in [4.78, 5) is 10.9. The van der Waals surface area contributed by atoms with Crippen molar-refractivity contribution in [3.63, 3.8) is 0 Å². The van der Waals surface area contributed by atoms with Crippen molar-refractivity contribution < 1.29 is 0 Å². The standard InChI is InChI=1S/C16H17N3/c1-2-5-14(6-3-1)7-4-9-19-10-8-15-11-17-13-18-16(15)12-19/h1-7,11,13H,8-10,12H2/b7-4+. The molecule has 3 rings (SSSR count). The van der Waals surface area contributed by atoms with Gasteiger partial charge in [-0.25, -0.2) is 9.97 Å². The van der Waals surface area contributed by atoms with Crippen LogP contribution in [0, 0.1) is 0 Å². The molecule has 1 aliphatic rings. The second-order valence-electron chi connectivity index (χ2n) is 4.79. The van der Waals surface area contributed by atoms with E-state index < -0.39 is 0 Å². The molecule has 19 heavy (non-hydrogen) atoms. The fraction of sp³-hybridized carbons (Fsp3) is 0.250. The number of benzene rings is 1. The first kappa shape index (κ1) is 12.1. The van der Waals surface area contributed by atoms with Crippen LogP contribution in [-0.4, -0.2) is 28.0 Å². The van der Waals surface area contributed by atoms with Crippen LogP contribution in [0.4, 0.5) is 0 Å². The first-order valence-electron chi connectivity index (χ1n) is 6.63. The Kier molecular flexibility index (Phi) is 3.65. The van der Waals surface area contributed by atoms with E-state index in [1.165, 1.54) is 16.8 Å². The third-order valence-corrected chi connectivity index (χ3v) is 3.43. The molecule has 0 aliphatic carbocycles. The van der Waals surface area contributed by atoms with Gasteiger partial charge in [-0.05, 0) is 17.5 Å². The van der Waals surface area contributed by atoms with Gasteiger partial charge < -0.3 is 0 Å². The minimum atomic E-state index is 0.928. The van der Waals surface area contributed by atoms with E-state index in [9.17, 15) is 0 Å². The van der Waals surface area contributed by atoms with Crippen LogP contribution in [0.1, 0.15) is 16.8 Å². The van der Waals surface area contributed by atoms with Crippen LogP contribution in [0.2, 0.25) is 0 Å². The largest absolute Gasteiger partial charge is 0.294 e. The molecule has 1 aromatic carbocycles. The molecular formula is C16H17N3. The zero-order valence-corrected chi connectivity index (χ0v) is 10.9. The van der Waals surface area contributed by atoms with Crippen molar-refractivity contribution in [2.75, 3.05) is 13.1 Å². The Balaban J connectivity index is 1.59. The molecule has 0 amide bonds. The number of aromatic nitrogens is 2. The summed E-state index contributed by atoms with van der Waals surface area (Å²) in [7, 11) is 0. The fourth-order valence-electron chi connectivity index (χ4n) is 2.36. The third kappa shape index (κ3) is 3.06. The topological polar surface area (TPSA) is 29.0 Å². The van der Waals surface area contributed by atoms with Gasteiger partial charge in [0.25, 0.3) is 0 Å². The van der Waals surface area contributed by atoms with Gasteiger partial charge in [0, 0.05) is 25.8 Å². The predicted molar refractivity (Wildman–Crippen MR) is 76.5 cm³/mol. The monoisotopic (exact) mass is 251 g/mol. The molecule has 0 bridgehead atoms. The van der Waals surface area contributed by atoms with E-state index in [1.54, 1.807) is 6.33 Å². The maximum absolute atomic E-state index is 4.36. The van der Waals surface area contributed by atoms with Crippen molar-refractivity contribution in [3.05, 3.63) is 65.8 Å². The molecule has 0 radical (unpaired) electrons. The Morgan fingerprint density at radius 3 is 3.00 bits per heavy atom. The van der Waals surface area contributed by atoms with Gasteiger partial charge in [-0.15, -0.1) is 0 Å². The third-order valence-electron chi connectivity index (χ3n) is 3.43.